The molecule has 8 rings (SSSR count). The molecule has 4 heterocycles. The van der Waals surface area contributed by atoms with Crippen LogP contribution in [0.1, 0.15) is 82.6 Å². The summed E-state index contributed by atoms with van der Waals surface area (Å²) in [6, 6.07) is 38.7. The molecular formula is C46H44N5OPt-3. The average Bonchev–Trinajstić information content (AvgIpc) is 3.67. The van der Waals surface area contributed by atoms with Gasteiger partial charge in [-0.15, -0.1) is 42.4 Å². The molecule has 0 spiro atoms. The van der Waals surface area contributed by atoms with E-state index in [1.54, 1.807) is 0 Å². The summed E-state index contributed by atoms with van der Waals surface area (Å²) in [5.41, 5.74) is 10.2. The van der Waals surface area contributed by atoms with Gasteiger partial charge in [-0.2, -0.15) is 12.1 Å². The molecule has 3 aromatic heterocycles. The van der Waals surface area contributed by atoms with Crippen molar-refractivity contribution in [1.82, 2.24) is 14.5 Å². The fourth-order valence-corrected chi connectivity index (χ4v) is 7.28. The molecule has 1 aliphatic heterocycles. The molecule has 1 aliphatic rings. The van der Waals surface area contributed by atoms with Crippen LogP contribution < -0.4 is 14.5 Å². The van der Waals surface area contributed by atoms with Gasteiger partial charge in [-0.1, -0.05) is 95.6 Å². The van der Waals surface area contributed by atoms with E-state index in [1.165, 1.54) is 27.9 Å². The molecule has 0 atom stereocenters. The van der Waals surface area contributed by atoms with Gasteiger partial charge in [0, 0.05) is 56.2 Å². The van der Waals surface area contributed by atoms with Crippen LogP contribution in [-0.4, -0.2) is 14.5 Å². The van der Waals surface area contributed by atoms with Crippen molar-refractivity contribution in [1.29, 1.82) is 0 Å². The summed E-state index contributed by atoms with van der Waals surface area (Å²) in [6.45, 7) is 20.1. The largest absolute Gasteiger partial charge is 0.509 e. The average molecular weight is 878 g/mol. The molecular weight excluding hydrogens is 834 g/mol. The quantitative estimate of drug-likeness (QED) is 0.149. The minimum absolute atomic E-state index is 0. The Morgan fingerprint density at radius 1 is 0.717 bits per heavy atom. The Balaban J connectivity index is 0.00000435. The summed E-state index contributed by atoms with van der Waals surface area (Å²) in [5, 5.41) is 2.24. The molecule has 0 unspecified atom stereocenters. The molecule has 0 saturated carbocycles. The van der Waals surface area contributed by atoms with E-state index in [1.807, 2.05) is 42.7 Å². The third-order valence-electron chi connectivity index (χ3n) is 9.91. The first-order valence-corrected chi connectivity index (χ1v) is 18.1. The fourth-order valence-electron chi connectivity index (χ4n) is 7.28. The number of para-hydroxylation sites is 1. The second kappa shape index (κ2) is 14.1. The van der Waals surface area contributed by atoms with E-state index < -0.39 is 0 Å². The standard InChI is InChI=1S/C46H44N5O.Pt/c1-29(2)38-23-31(5)24-39(30(3)4)44(38)50-28-49(45-41(50)17-12-21-48-45)33-13-11-14-34(26-33)52-35-18-19-37-36-15-9-10-16-40(36)51(42(37)27-35)43-25-32(20-22-47-43)46(6,7)8;/h9-25,28-30H,1-8H3;/q-3;. The first kappa shape index (κ1) is 36.4. The maximum atomic E-state index is 6.55. The SMILES string of the molecule is Cc1cc(C(C)C)c(N2[CH-]N(c3[c-]c(Oc4[c-]c5c(cc4)c4ccccc4n5-c4cc(C(C)(C)C)ccn4)ccc3)c3ncccc32)c(C(C)C)c1.[Pt]. The van der Waals surface area contributed by atoms with Crippen molar-refractivity contribution in [3.05, 3.63) is 144 Å². The number of ether oxygens (including phenoxy) is 1. The van der Waals surface area contributed by atoms with Crippen LogP contribution >= 0.6 is 0 Å². The van der Waals surface area contributed by atoms with Crippen LogP contribution in [0.5, 0.6) is 11.5 Å². The topological polar surface area (TPSA) is 46.4 Å². The summed E-state index contributed by atoms with van der Waals surface area (Å²) >= 11 is 0. The summed E-state index contributed by atoms with van der Waals surface area (Å²) in [5.74, 6) is 3.60. The predicted octanol–water partition coefficient (Wildman–Crippen LogP) is 12.2. The molecule has 0 N–H and O–H groups in total. The van der Waals surface area contributed by atoms with Crippen molar-refractivity contribution < 1.29 is 25.8 Å². The van der Waals surface area contributed by atoms with Crippen molar-refractivity contribution >= 4 is 44.7 Å². The van der Waals surface area contributed by atoms with Crippen molar-refractivity contribution in [3.8, 4) is 17.3 Å². The molecule has 0 aliphatic carbocycles. The minimum atomic E-state index is -0.0112. The Hall–Kier alpha value is -4.93. The molecule has 0 amide bonds. The molecule has 53 heavy (non-hydrogen) atoms. The van der Waals surface area contributed by atoms with Gasteiger partial charge in [0.05, 0.1) is 5.69 Å². The molecule has 4 aromatic carbocycles. The van der Waals surface area contributed by atoms with Gasteiger partial charge in [0.15, 0.2) is 0 Å². The van der Waals surface area contributed by atoms with Crippen LogP contribution in [0.25, 0.3) is 27.6 Å². The zero-order valence-electron chi connectivity index (χ0n) is 31.5. The van der Waals surface area contributed by atoms with Crippen LogP contribution in [0.2, 0.25) is 0 Å². The summed E-state index contributed by atoms with van der Waals surface area (Å²) in [7, 11) is 0. The van der Waals surface area contributed by atoms with Crippen LogP contribution in [0.4, 0.5) is 22.9 Å². The van der Waals surface area contributed by atoms with Crippen LogP contribution in [0.15, 0.2) is 103 Å². The van der Waals surface area contributed by atoms with Gasteiger partial charge in [-0.05, 0) is 76.6 Å². The number of aryl methyl sites for hydroxylation is 1. The molecule has 272 valence electrons. The number of pyridine rings is 2. The van der Waals surface area contributed by atoms with Crippen molar-refractivity contribution in [2.24, 2.45) is 0 Å². The van der Waals surface area contributed by atoms with Gasteiger partial charge in [0.25, 0.3) is 0 Å². The first-order valence-electron chi connectivity index (χ1n) is 18.1. The van der Waals surface area contributed by atoms with E-state index in [2.05, 4.69) is 149 Å². The molecule has 6 nitrogen and oxygen atoms in total. The van der Waals surface area contributed by atoms with E-state index in [4.69, 9.17) is 14.7 Å². The van der Waals surface area contributed by atoms with Crippen LogP contribution in [-0.2, 0) is 26.5 Å². The molecule has 0 radical (unpaired) electrons. The smallest absolute Gasteiger partial charge is 0.135 e. The Bertz CT molecular complexity index is 2430. The normalized spacial score (nSPS) is 12.9. The number of benzene rings is 4. The van der Waals surface area contributed by atoms with Crippen LogP contribution in [0.3, 0.4) is 0 Å². The van der Waals surface area contributed by atoms with E-state index >= 15 is 0 Å². The van der Waals surface area contributed by atoms with E-state index in [0.29, 0.717) is 23.3 Å². The third kappa shape index (κ3) is 6.63. The monoisotopic (exact) mass is 877 g/mol. The Labute approximate surface area is 327 Å². The van der Waals surface area contributed by atoms with Gasteiger partial charge in [-0.25, -0.2) is 9.97 Å². The fraction of sp³-hybridized carbons (Fsp3) is 0.239. The minimum Gasteiger partial charge on any atom is -0.509 e. The predicted molar refractivity (Wildman–Crippen MR) is 214 cm³/mol. The molecule has 7 aromatic rings. The Kier molecular flexibility index (Phi) is 9.71. The van der Waals surface area contributed by atoms with Gasteiger partial charge >= 0.3 is 0 Å². The summed E-state index contributed by atoms with van der Waals surface area (Å²) < 4.78 is 8.73. The van der Waals surface area contributed by atoms with Gasteiger partial charge in [0.2, 0.25) is 0 Å². The number of rotatable bonds is 7. The number of fused-ring (bicyclic) bond motifs is 4. The van der Waals surface area contributed by atoms with Gasteiger partial charge in [0.1, 0.15) is 11.6 Å². The first-order chi connectivity index (χ1) is 25.0. The Morgan fingerprint density at radius 2 is 1.45 bits per heavy atom. The molecule has 0 bridgehead atoms. The number of anilines is 4. The second-order valence-corrected chi connectivity index (χ2v) is 15.4. The van der Waals surface area contributed by atoms with E-state index in [0.717, 1.165) is 44.8 Å². The zero-order valence-corrected chi connectivity index (χ0v) is 33.8. The third-order valence-corrected chi connectivity index (χ3v) is 9.91. The maximum absolute atomic E-state index is 6.55. The van der Waals surface area contributed by atoms with Crippen molar-refractivity contribution in [2.75, 3.05) is 9.80 Å². The summed E-state index contributed by atoms with van der Waals surface area (Å²) in [6.07, 6.45) is 3.74. The van der Waals surface area contributed by atoms with Crippen molar-refractivity contribution in [3.63, 3.8) is 0 Å². The molecule has 7 heteroatoms. The number of aromatic nitrogens is 3. The van der Waals surface area contributed by atoms with E-state index in [-0.39, 0.29) is 26.5 Å². The Morgan fingerprint density at radius 3 is 2.19 bits per heavy atom. The number of hydrogen-bond acceptors (Lipinski definition) is 5. The van der Waals surface area contributed by atoms with Gasteiger partial charge < -0.3 is 19.1 Å². The van der Waals surface area contributed by atoms with Gasteiger partial charge in [-0.3, -0.25) is 0 Å². The molecule has 0 fully saturated rings. The summed E-state index contributed by atoms with van der Waals surface area (Å²) in [4.78, 5) is 14.1. The zero-order chi connectivity index (χ0) is 36.3. The second-order valence-electron chi connectivity index (χ2n) is 15.4. The number of nitrogens with zero attached hydrogens (tertiary/aromatic N) is 5. The molecule has 0 saturated heterocycles. The van der Waals surface area contributed by atoms with Crippen molar-refractivity contribution in [2.45, 2.75) is 72.6 Å². The maximum Gasteiger partial charge on any atom is 0.135 e. The van der Waals surface area contributed by atoms with E-state index in [9.17, 15) is 0 Å². The van der Waals surface area contributed by atoms with Crippen LogP contribution in [0, 0.1) is 25.7 Å². The number of hydrogen-bond donors (Lipinski definition) is 0.